The van der Waals surface area contributed by atoms with Crippen LogP contribution in [0.25, 0.3) is 0 Å². The Morgan fingerprint density at radius 2 is 1.86 bits per heavy atom. The molecule has 0 saturated carbocycles. The van der Waals surface area contributed by atoms with Crippen LogP contribution in [-0.2, 0) is 10.0 Å². The highest BCUT2D eigenvalue weighted by molar-refractivity contribution is 9.10. The van der Waals surface area contributed by atoms with E-state index in [1.807, 2.05) is 0 Å². The Labute approximate surface area is 130 Å². The summed E-state index contributed by atoms with van der Waals surface area (Å²) in [5, 5.41) is 0. The molecule has 3 nitrogen and oxygen atoms in total. The molecule has 0 aliphatic carbocycles. The third-order valence-electron chi connectivity index (χ3n) is 2.87. The highest BCUT2D eigenvalue weighted by Gasteiger charge is 2.20. The topological polar surface area (TPSA) is 46.2 Å². The molecule has 0 amide bonds. The Morgan fingerprint density at radius 3 is 2.48 bits per heavy atom. The molecule has 1 unspecified atom stereocenters. The predicted octanol–water partition coefficient (Wildman–Crippen LogP) is 3.77. The molecule has 1 atom stereocenters. The van der Waals surface area contributed by atoms with E-state index in [1.165, 1.54) is 25.1 Å². The van der Waals surface area contributed by atoms with Gasteiger partial charge in [-0.15, -0.1) is 0 Å². The smallest absolute Gasteiger partial charge is 0.207 e. The molecule has 0 aliphatic rings. The van der Waals surface area contributed by atoms with Gasteiger partial charge in [-0.2, -0.15) is 0 Å². The van der Waals surface area contributed by atoms with Crippen LogP contribution < -0.4 is 4.72 Å². The van der Waals surface area contributed by atoms with Crippen LogP contribution in [0, 0.1) is 11.6 Å². The molecule has 0 radical (unpaired) electrons. The van der Waals surface area contributed by atoms with Crippen molar-refractivity contribution in [3.8, 4) is 0 Å². The van der Waals surface area contributed by atoms with E-state index in [1.54, 1.807) is 12.1 Å². The average Bonchev–Trinajstić information content (AvgIpc) is 2.37. The van der Waals surface area contributed by atoms with Crippen LogP contribution in [0.1, 0.15) is 18.5 Å². The van der Waals surface area contributed by atoms with Crippen molar-refractivity contribution in [3.05, 3.63) is 64.1 Å². The Morgan fingerprint density at radius 1 is 1.14 bits per heavy atom. The number of rotatable bonds is 4. The lowest BCUT2D eigenvalue weighted by Crippen LogP contribution is -2.27. The first-order valence-corrected chi connectivity index (χ1v) is 8.30. The molecule has 21 heavy (non-hydrogen) atoms. The van der Waals surface area contributed by atoms with Gasteiger partial charge in [0.15, 0.2) is 0 Å². The Balaban J connectivity index is 2.28. The Hall–Kier alpha value is -1.31. The van der Waals surface area contributed by atoms with Gasteiger partial charge >= 0.3 is 0 Å². The molecule has 112 valence electrons. The van der Waals surface area contributed by atoms with Crippen LogP contribution in [0.15, 0.2) is 51.8 Å². The van der Waals surface area contributed by atoms with Crippen molar-refractivity contribution in [1.82, 2.24) is 4.72 Å². The van der Waals surface area contributed by atoms with Crippen LogP contribution in [0.4, 0.5) is 8.78 Å². The van der Waals surface area contributed by atoms with Crippen molar-refractivity contribution in [3.63, 3.8) is 0 Å². The summed E-state index contributed by atoms with van der Waals surface area (Å²) in [5.74, 6) is -1.50. The van der Waals surface area contributed by atoms with Gasteiger partial charge in [-0.05, 0) is 31.2 Å². The van der Waals surface area contributed by atoms with E-state index in [2.05, 4.69) is 20.7 Å². The molecule has 2 aromatic rings. The van der Waals surface area contributed by atoms with E-state index in [0.717, 1.165) is 12.1 Å². The molecule has 0 aromatic heterocycles. The molecule has 2 rings (SSSR count). The summed E-state index contributed by atoms with van der Waals surface area (Å²) in [6.07, 6.45) is 0. The second kappa shape index (κ2) is 6.21. The van der Waals surface area contributed by atoms with Gasteiger partial charge in [0.1, 0.15) is 11.6 Å². The fourth-order valence-electron chi connectivity index (χ4n) is 1.85. The molecular formula is C14H12BrF2NO2S. The summed E-state index contributed by atoms with van der Waals surface area (Å²) in [5.41, 5.74) is 0.0787. The van der Waals surface area contributed by atoms with Gasteiger partial charge in [-0.3, -0.25) is 0 Å². The minimum Gasteiger partial charge on any atom is -0.207 e. The minimum absolute atomic E-state index is 0.0613. The van der Waals surface area contributed by atoms with Gasteiger partial charge in [0.25, 0.3) is 0 Å². The van der Waals surface area contributed by atoms with Crippen LogP contribution in [0.3, 0.4) is 0 Å². The first kappa shape index (κ1) is 16.1. The molecule has 0 bridgehead atoms. The van der Waals surface area contributed by atoms with E-state index in [4.69, 9.17) is 0 Å². The predicted molar refractivity (Wildman–Crippen MR) is 79.2 cm³/mol. The molecule has 0 saturated heterocycles. The van der Waals surface area contributed by atoms with Gasteiger partial charge < -0.3 is 0 Å². The maximum absolute atomic E-state index is 13.7. The van der Waals surface area contributed by atoms with Crippen LogP contribution in [0.2, 0.25) is 0 Å². The highest BCUT2D eigenvalue weighted by atomic mass is 79.9. The minimum atomic E-state index is -3.80. The summed E-state index contributed by atoms with van der Waals surface area (Å²) < 4.78 is 54.0. The number of hydrogen-bond acceptors (Lipinski definition) is 2. The van der Waals surface area contributed by atoms with Crippen molar-refractivity contribution in [2.75, 3.05) is 0 Å². The van der Waals surface area contributed by atoms with E-state index >= 15 is 0 Å². The second-order valence-electron chi connectivity index (χ2n) is 4.47. The van der Waals surface area contributed by atoms with Crippen molar-refractivity contribution >= 4 is 26.0 Å². The summed E-state index contributed by atoms with van der Waals surface area (Å²) in [4.78, 5) is 0.0613. The Bertz CT molecular complexity index is 765. The summed E-state index contributed by atoms with van der Waals surface area (Å²) in [7, 11) is -3.80. The van der Waals surface area contributed by atoms with Gasteiger partial charge in [-0.1, -0.05) is 28.1 Å². The quantitative estimate of drug-likeness (QED) is 0.883. The van der Waals surface area contributed by atoms with Crippen molar-refractivity contribution in [2.45, 2.75) is 17.9 Å². The zero-order valence-corrected chi connectivity index (χ0v) is 13.4. The number of halogens is 3. The highest BCUT2D eigenvalue weighted by Crippen LogP contribution is 2.22. The number of hydrogen-bond donors (Lipinski definition) is 1. The van der Waals surface area contributed by atoms with Crippen LogP contribution in [0.5, 0.6) is 0 Å². The SMILES string of the molecule is CC(NS(=O)(=O)c1cccc(Br)c1)c1ccc(F)cc1F. The second-order valence-corrected chi connectivity index (χ2v) is 7.10. The standard InChI is InChI=1S/C14H12BrF2NO2S/c1-9(13-6-5-11(16)8-14(13)17)18-21(19,20)12-4-2-3-10(15)7-12/h2-9,18H,1H3. The molecule has 0 heterocycles. The fourth-order valence-corrected chi connectivity index (χ4v) is 3.67. The Kier molecular flexibility index (Phi) is 4.75. The number of sulfonamides is 1. The van der Waals surface area contributed by atoms with Gasteiger partial charge in [0.2, 0.25) is 10.0 Å². The molecule has 1 N–H and O–H groups in total. The lowest BCUT2D eigenvalue weighted by Gasteiger charge is -2.15. The van der Waals surface area contributed by atoms with Crippen molar-refractivity contribution in [2.24, 2.45) is 0 Å². The van der Waals surface area contributed by atoms with Crippen molar-refractivity contribution in [1.29, 1.82) is 0 Å². The third kappa shape index (κ3) is 3.87. The van der Waals surface area contributed by atoms with E-state index in [-0.39, 0.29) is 10.5 Å². The number of benzene rings is 2. The zero-order valence-electron chi connectivity index (χ0n) is 11.0. The fraction of sp³-hybridized carbons (Fsp3) is 0.143. The average molecular weight is 376 g/mol. The third-order valence-corrected chi connectivity index (χ3v) is 4.90. The first-order valence-electron chi connectivity index (χ1n) is 6.02. The van der Waals surface area contributed by atoms with Gasteiger partial charge in [-0.25, -0.2) is 21.9 Å². The van der Waals surface area contributed by atoms with Crippen LogP contribution in [-0.4, -0.2) is 8.42 Å². The molecule has 7 heteroatoms. The molecule has 0 spiro atoms. The lowest BCUT2D eigenvalue weighted by atomic mass is 10.1. The van der Waals surface area contributed by atoms with E-state index in [0.29, 0.717) is 4.47 Å². The van der Waals surface area contributed by atoms with Crippen molar-refractivity contribution < 1.29 is 17.2 Å². The maximum atomic E-state index is 13.7. The summed E-state index contributed by atoms with van der Waals surface area (Å²) >= 11 is 3.19. The number of nitrogens with one attached hydrogen (secondary N) is 1. The van der Waals surface area contributed by atoms with E-state index < -0.39 is 27.7 Å². The molecule has 2 aromatic carbocycles. The van der Waals surface area contributed by atoms with Gasteiger partial charge in [0.05, 0.1) is 4.90 Å². The van der Waals surface area contributed by atoms with Gasteiger partial charge in [0, 0.05) is 22.1 Å². The first-order chi connectivity index (χ1) is 9.79. The summed E-state index contributed by atoms with van der Waals surface area (Å²) in [6, 6.07) is 8.36. The summed E-state index contributed by atoms with van der Waals surface area (Å²) in [6.45, 7) is 1.49. The lowest BCUT2D eigenvalue weighted by molar-refractivity contribution is 0.540. The van der Waals surface area contributed by atoms with Crippen LogP contribution >= 0.6 is 15.9 Å². The monoisotopic (exact) mass is 375 g/mol. The molecule has 0 fully saturated rings. The largest absolute Gasteiger partial charge is 0.241 e. The normalized spacial score (nSPS) is 13.1. The van der Waals surface area contributed by atoms with E-state index in [9.17, 15) is 17.2 Å². The molecule has 0 aliphatic heterocycles. The maximum Gasteiger partial charge on any atom is 0.241 e. The zero-order chi connectivity index (χ0) is 15.6. The molecular weight excluding hydrogens is 364 g/mol.